The van der Waals surface area contributed by atoms with Crippen molar-refractivity contribution in [3.63, 3.8) is 0 Å². The number of halogens is 1. The first-order valence-corrected chi connectivity index (χ1v) is 6.60. The molecule has 1 aromatic carbocycles. The SMILES string of the molecule is Brc1ccc(NCCSc2ncn[nH]2)cc1. The lowest BCUT2D eigenvalue weighted by molar-refractivity contribution is 0.972. The molecular formula is C10H11BrN4S. The van der Waals surface area contributed by atoms with Gasteiger partial charge in [-0.2, -0.15) is 5.10 Å². The van der Waals surface area contributed by atoms with Crippen molar-refractivity contribution in [1.82, 2.24) is 15.2 Å². The van der Waals surface area contributed by atoms with Crippen LogP contribution < -0.4 is 5.32 Å². The molecule has 6 heteroatoms. The lowest BCUT2D eigenvalue weighted by Gasteiger charge is -2.04. The number of aromatic nitrogens is 3. The normalized spacial score (nSPS) is 10.3. The van der Waals surface area contributed by atoms with Gasteiger partial charge in [0.2, 0.25) is 0 Å². The van der Waals surface area contributed by atoms with E-state index in [0.717, 1.165) is 27.6 Å². The summed E-state index contributed by atoms with van der Waals surface area (Å²) in [4.78, 5) is 4.03. The maximum atomic E-state index is 4.03. The Bertz CT molecular complexity index is 415. The fourth-order valence-electron chi connectivity index (χ4n) is 1.17. The van der Waals surface area contributed by atoms with Gasteiger partial charge in [-0.1, -0.05) is 27.7 Å². The van der Waals surface area contributed by atoms with Crippen LogP contribution in [-0.4, -0.2) is 27.5 Å². The summed E-state index contributed by atoms with van der Waals surface area (Å²) in [6, 6.07) is 8.13. The molecule has 1 heterocycles. The Morgan fingerprint density at radius 1 is 1.31 bits per heavy atom. The number of nitrogens with zero attached hydrogens (tertiary/aromatic N) is 2. The topological polar surface area (TPSA) is 53.6 Å². The molecule has 0 fully saturated rings. The predicted molar refractivity (Wildman–Crippen MR) is 69.7 cm³/mol. The van der Waals surface area contributed by atoms with Gasteiger partial charge in [0.1, 0.15) is 6.33 Å². The maximum absolute atomic E-state index is 4.03. The highest BCUT2D eigenvalue weighted by Gasteiger charge is 1.96. The highest BCUT2D eigenvalue weighted by Crippen LogP contribution is 2.15. The molecule has 1 aromatic heterocycles. The second-order valence-corrected chi connectivity index (χ2v) is 5.07. The van der Waals surface area contributed by atoms with Crippen molar-refractivity contribution < 1.29 is 0 Å². The minimum atomic E-state index is 0.859. The van der Waals surface area contributed by atoms with Crippen molar-refractivity contribution in [3.05, 3.63) is 35.1 Å². The van der Waals surface area contributed by atoms with E-state index in [9.17, 15) is 0 Å². The standard InChI is InChI=1S/C10H11BrN4S/c11-8-1-3-9(4-2-8)12-5-6-16-10-13-7-14-15-10/h1-4,7,12H,5-6H2,(H,13,14,15). The predicted octanol–water partition coefficient (Wildman–Crippen LogP) is 2.77. The van der Waals surface area contributed by atoms with E-state index in [1.54, 1.807) is 11.8 Å². The molecule has 0 aliphatic heterocycles. The van der Waals surface area contributed by atoms with Crippen molar-refractivity contribution in [2.45, 2.75) is 5.16 Å². The molecule has 2 aromatic rings. The number of rotatable bonds is 5. The number of hydrogen-bond donors (Lipinski definition) is 2. The van der Waals surface area contributed by atoms with Gasteiger partial charge in [-0.05, 0) is 24.3 Å². The Hall–Kier alpha value is -1.01. The molecular weight excluding hydrogens is 288 g/mol. The molecule has 0 amide bonds. The van der Waals surface area contributed by atoms with Crippen LogP contribution in [0.15, 0.2) is 40.2 Å². The van der Waals surface area contributed by atoms with Gasteiger partial charge in [0.05, 0.1) is 0 Å². The Balaban J connectivity index is 1.70. The van der Waals surface area contributed by atoms with E-state index in [-0.39, 0.29) is 0 Å². The van der Waals surface area contributed by atoms with Gasteiger partial charge in [0.15, 0.2) is 5.16 Å². The molecule has 0 aliphatic rings. The van der Waals surface area contributed by atoms with Crippen molar-refractivity contribution >= 4 is 33.4 Å². The van der Waals surface area contributed by atoms with Crippen LogP contribution in [0.4, 0.5) is 5.69 Å². The summed E-state index contributed by atoms with van der Waals surface area (Å²) >= 11 is 5.05. The molecule has 0 atom stereocenters. The van der Waals surface area contributed by atoms with Crippen molar-refractivity contribution in [3.8, 4) is 0 Å². The van der Waals surface area contributed by atoms with Gasteiger partial charge in [-0.3, -0.25) is 5.10 Å². The average molecular weight is 299 g/mol. The molecule has 2 rings (SSSR count). The second-order valence-electron chi connectivity index (χ2n) is 3.07. The molecule has 4 nitrogen and oxygen atoms in total. The van der Waals surface area contributed by atoms with E-state index in [1.165, 1.54) is 6.33 Å². The van der Waals surface area contributed by atoms with Gasteiger partial charge in [0, 0.05) is 22.5 Å². The second kappa shape index (κ2) is 5.91. The monoisotopic (exact) mass is 298 g/mol. The van der Waals surface area contributed by atoms with Crippen LogP contribution in [0, 0.1) is 0 Å². The third-order valence-electron chi connectivity index (χ3n) is 1.91. The third-order valence-corrected chi connectivity index (χ3v) is 3.31. The minimum absolute atomic E-state index is 0.859. The molecule has 0 aliphatic carbocycles. The minimum Gasteiger partial charge on any atom is -0.384 e. The van der Waals surface area contributed by atoms with Gasteiger partial charge in [-0.25, -0.2) is 4.98 Å². The summed E-state index contributed by atoms with van der Waals surface area (Å²) in [5.74, 6) is 0.950. The molecule has 0 radical (unpaired) electrons. The fraction of sp³-hybridized carbons (Fsp3) is 0.200. The Kier molecular flexibility index (Phi) is 4.24. The summed E-state index contributed by atoms with van der Waals surface area (Å²) in [5, 5.41) is 10.8. The lowest BCUT2D eigenvalue weighted by atomic mass is 10.3. The molecule has 0 saturated heterocycles. The van der Waals surface area contributed by atoms with E-state index >= 15 is 0 Å². The quantitative estimate of drug-likeness (QED) is 0.658. The van der Waals surface area contributed by atoms with E-state index in [4.69, 9.17) is 0 Å². The number of aromatic amines is 1. The van der Waals surface area contributed by atoms with E-state index < -0.39 is 0 Å². The fourth-order valence-corrected chi connectivity index (χ4v) is 2.08. The highest BCUT2D eigenvalue weighted by atomic mass is 79.9. The number of hydrogen-bond acceptors (Lipinski definition) is 4. The Labute approximate surface area is 106 Å². The van der Waals surface area contributed by atoms with Gasteiger partial charge >= 0.3 is 0 Å². The molecule has 2 N–H and O–H groups in total. The summed E-state index contributed by atoms with van der Waals surface area (Å²) < 4.78 is 1.09. The van der Waals surface area contributed by atoms with Gasteiger partial charge in [0.25, 0.3) is 0 Å². The number of anilines is 1. The number of nitrogens with one attached hydrogen (secondary N) is 2. The van der Waals surface area contributed by atoms with Crippen LogP contribution in [-0.2, 0) is 0 Å². The molecule has 0 bridgehead atoms. The Morgan fingerprint density at radius 3 is 2.81 bits per heavy atom. The van der Waals surface area contributed by atoms with E-state index in [2.05, 4.69) is 36.4 Å². The molecule has 0 spiro atoms. The van der Waals surface area contributed by atoms with Crippen LogP contribution >= 0.6 is 27.7 Å². The lowest BCUT2D eigenvalue weighted by Crippen LogP contribution is -2.03. The third kappa shape index (κ3) is 3.53. The summed E-state index contributed by atoms with van der Waals surface area (Å²) in [5.41, 5.74) is 1.13. The zero-order valence-electron chi connectivity index (χ0n) is 8.48. The largest absolute Gasteiger partial charge is 0.384 e. The smallest absolute Gasteiger partial charge is 0.183 e. The first kappa shape index (κ1) is 11.5. The number of benzene rings is 1. The van der Waals surface area contributed by atoms with Gasteiger partial charge < -0.3 is 5.32 Å². The van der Waals surface area contributed by atoms with Crippen LogP contribution in [0.2, 0.25) is 0 Å². The summed E-state index contributed by atoms with van der Waals surface area (Å²) in [7, 11) is 0. The highest BCUT2D eigenvalue weighted by molar-refractivity contribution is 9.10. The number of H-pyrrole nitrogens is 1. The van der Waals surface area contributed by atoms with Crippen LogP contribution in [0.1, 0.15) is 0 Å². The molecule has 0 saturated carbocycles. The summed E-state index contributed by atoms with van der Waals surface area (Å²) in [6.45, 7) is 0.896. The van der Waals surface area contributed by atoms with Crippen LogP contribution in [0.3, 0.4) is 0 Å². The molecule has 16 heavy (non-hydrogen) atoms. The average Bonchev–Trinajstić information content (AvgIpc) is 2.80. The van der Waals surface area contributed by atoms with E-state index in [1.807, 2.05) is 24.3 Å². The van der Waals surface area contributed by atoms with Crippen LogP contribution in [0.25, 0.3) is 0 Å². The zero-order chi connectivity index (χ0) is 11.2. The maximum Gasteiger partial charge on any atom is 0.183 e. The zero-order valence-corrected chi connectivity index (χ0v) is 10.9. The van der Waals surface area contributed by atoms with Crippen LogP contribution in [0.5, 0.6) is 0 Å². The van der Waals surface area contributed by atoms with Crippen molar-refractivity contribution in [1.29, 1.82) is 0 Å². The first-order valence-electron chi connectivity index (χ1n) is 4.82. The first-order chi connectivity index (χ1) is 7.84. The van der Waals surface area contributed by atoms with Crippen molar-refractivity contribution in [2.24, 2.45) is 0 Å². The number of thioether (sulfide) groups is 1. The summed E-state index contributed by atoms with van der Waals surface area (Å²) in [6.07, 6.45) is 1.52. The van der Waals surface area contributed by atoms with Gasteiger partial charge in [-0.15, -0.1) is 0 Å². The van der Waals surface area contributed by atoms with E-state index in [0.29, 0.717) is 0 Å². The molecule has 0 unspecified atom stereocenters. The van der Waals surface area contributed by atoms with Crippen molar-refractivity contribution in [2.75, 3.05) is 17.6 Å². The Morgan fingerprint density at radius 2 is 2.12 bits per heavy atom. The molecule has 84 valence electrons.